The molecular formula is C8H4ClFO3S. The quantitative estimate of drug-likeness (QED) is 0.713. The van der Waals surface area contributed by atoms with Gasteiger partial charge in [0.2, 0.25) is 0 Å². The third kappa shape index (κ3) is 1.38. The molecule has 0 unspecified atom stereocenters. The molecule has 1 heterocycles. The van der Waals surface area contributed by atoms with E-state index in [2.05, 4.69) is 0 Å². The summed E-state index contributed by atoms with van der Waals surface area (Å²) in [7, 11) is 1.28. The molecule has 0 radical (unpaired) electrons. The molecule has 2 rings (SSSR count). The standard InChI is InChI=1S/C8H4ClFO3S/c9-14(11,12)7-2-1-6(10)8-5(7)3-4-13-8/h1-4H. The maximum atomic E-state index is 13.1. The molecule has 0 bridgehead atoms. The fourth-order valence-corrected chi connectivity index (χ4v) is 2.27. The molecule has 14 heavy (non-hydrogen) atoms. The number of furan rings is 1. The normalized spacial score (nSPS) is 12.1. The zero-order chi connectivity index (χ0) is 10.3. The monoisotopic (exact) mass is 234 g/mol. The van der Waals surface area contributed by atoms with Gasteiger partial charge in [-0.2, -0.15) is 0 Å². The number of fused-ring (bicyclic) bond motifs is 1. The molecule has 0 aliphatic carbocycles. The van der Waals surface area contributed by atoms with E-state index in [9.17, 15) is 12.8 Å². The van der Waals surface area contributed by atoms with Gasteiger partial charge in [0.25, 0.3) is 9.05 Å². The van der Waals surface area contributed by atoms with E-state index in [0.717, 1.165) is 12.1 Å². The Morgan fingerprint density at radius 1 is 1.29 bits per heavy atom. The van der Waals surface area contributed by atoms with Crippen LogP contribution in [0.5, 0.6) is 0 Å². The van der Waals surface area contributed by atoms with Crippen LogP contribution in [0.2, 0.25) is 0 Å². The van der Waals surface area contributed by atoms with Gasteiger partial charge in [-0.15, -0.1) is 0 Å². The van der Waals surface area contributed by atoms with Gasteiger partial charge in [0.05, 0.1) is 11.2 Å². The fourth-order valence-electron chi connectivity index (χ4n) is 1.22. The minimum Gasteiger partial charge on any atom is -0.461 e. The van der Waals surface area contributed by atoms with E-state index in [4.69, 9.17) is 15.1 Å². The third-order valence-electron chi connectivity index (χ3n) is 1.79. The lowest BCUT2D eigenvalue weighted by molar-refractivity contribution is 0.559. The highest BCUT2D eigenvalue weighted by Gasteiger charge is 2.17. The lowest BCUT2D eigenvalue weighted by Gasteiger charge is -1.97. The van der Waals surface area contributed by atoms with Crippen molar-refractivity contribution in [1.82, 2.24) is 0 Å². The second kappa shape index (κ2) is 2.96. The highest BCUT2D eigenvalue weighted by molar-refractivity contribution is 8.14. The van der Waals surface area contributed by atoms with Gasteiger partial charge in [-0.05, 0) is 18.2 Å². The molecule has 0 saturated carbocycles. The summed E-state index contributed by atoms with van der Waals surface area (Å²) >= 11 is 0. The van der Waals surface area contributed by atoms with Crippen LogP contribution in [0.3, 0.4) is 0 Å². The van der Waals surface area contributed by atoms with Crippen LogP contribution >= 0.6 is 10.7 Å². The summed E-state index contributed by atoms with van der Waals surface area (Å²) in [5, 5.41) is 0.153. The van der Waals surface area contributed by atoms with Crippen LogP contribution in [0.25, 0.3) is 11.0 Å². The number of hydrogen-bond donors (Lipinski definition) is 0. The Morgan fingerprint density at radius 2 is 2.00 bits per heavy atom. The first-order chi connectivity index (χ1) is 6.50. The third-order valence-corrected chi connectivity index (χ3v) is 3.17. The van der Waals surface area contributed by atoms with Crippen LogP contribution in [-0.2, 0) is 9.05 Å². The minimum absolute atomic E-state index is 0.105. The molecule has 0 N–H and O–H groups in total. The van der Waals surface area contributed by atoms with Crippen molar-refractivity contribution in [2.75, 3.05) is 0 Å². The first-order valence-electron chi connectivity index (χ1n) is 3.60. The summed E-state index contributed by atoms with van der Waals surface area (Å²) in [6.45, 7) is 0. The largest absolute Gasteiger partial charge is 0.461 e. The average Bonchev–Trinajstić information content (AvgIpc) is 2.50. The topological polar surface area (TPSA) is 47.3 Å². The molecule has 0 amide bonds. The van der Waals surface area contributed by atoms with Crippen LogP contribution in [0.1, 0.15) is 0 Å². The summed E-state index contributed by atoms with van der Waals surface area (Å²) < 4.78 is 40.0. The zero-order valence-corrected chi connectivity index (χ0v) is 8.27. The first kappa shape index (κ1) is 9.48. The molecule has 0 aliphatic rings. The van der Waals surface area contributed by atoms with E-state index in [-0.39, 0.29) is 15.9 Å². The summed E-state index contributed by atoms with van der Waals surface area (Å²) in [6.07, 6.45) is 1.21. The van der Waals surface area contributed by atoms with Gasteiger partial charge in [0, 0.05) is 16.1 Å². The van der Waals surface area contributed by atoms with Crippen molar-refractivity contribution in [3.63, 3.8) is 0 Å². The van der Waals surface area contributed by atoms with Crippen LogP contribution in [0.15, 0.2) is 33.8 Å². The Hall–Kier alpha value is -1.07. The summed E-state index contributed by atoms with van der Waals surface area (Å²) in [5.74, 6) is -0.617. The van der Waals surface area contributed by atoms with Crippen molar-refractivity contribution in [2.24, 2.45) is 0 Å². The summed E-state index contributed by atoms with van der Waals surface area (Å²) in [4.78, 5) is -0.149. The first-order valence-corrected chi connectivity index (χ1v) is 5.91. The van der Waals surface area contributed by atoms with Crippen LogP contribution < -0.4 is 0 Å². The van der Waals surface area contributed by atoms with Crippen molar-refractivity contribution in [1.29, 1.82) is 0 Å². The van der Waals surface area contributed by atoms with Crippen molar-refractivity contribution in [2.45, 2.75) is 4.90 Å². The molecule has 74 valence electrons. The lowest BCUT2D eigenvalue weighted by atomic mass is 10.2. The molecule has 0 saturated heterocycles. The number of hydrogen-bond acceptors (Lipinski definition) is 3. The van der Waals surface area contributed by atoms with E-state index in [1.807, 2.05) is 0 Å². The van der Waals surface area contributed by atoms with Gasteiger partial charge >= 0.3 is 0 Å². The van der Waals surface area contributed by atoms with Crippen molar-refractivity contribution in [3.05, 3.63) is 30.3 Å². The Kier molecular flexibility index (Phi) is 2.01. The Bertz CT molecular complexity index is 588. The molecule has 0 atom stereocenters. The molecule has 1 aromatic heterocycles. The van der Waals surface area contributed by atoms with Gasteiger partial charge in [0.15, 0.2) is 11.4 Å². The summed E-state index contributed by atoms with van der Waals surface area (Å²) in [5.41, 5.74) is -0.105. The maximum Gasteiger partial charge on any atom is 0.262 e. The molecule has 2 aromatic rings. The maximum absolute atomic E-state index is 13.1. The number of halogens is 2. The SMILES string of the molecule is O=S(=O)(Cl)c1ccc(F)c2occc12. The van der Waals surface area contributed by atoms with Crippen molar-refractivity contribution >= 4 is 30.7 Å². The van der Waals surface area contributed by atoms with E-state index >= 15 is 0 Å². The second-order valence-corrected chi connectivity index (χ2v) is 5.18. The van der Waals surface area contributed by atoms with E-state index in [1.165, 1.54) is 12.3 Å². The molecule has 0 fully saturated rings. The van der Waals surface area contributed by atoms with Gasteiger partial charge in [0.1, 0.15) is 0 Å². The zero-order valence-electron chi connectivity index (χ0n) is 6.70. The van der Waals surface area contributed by atoms with Crippen LogP contribution in [0, 0.1) is 5.82 Å². The number of rotatable bonds is 1. The highest BCUT2D eigenvalue weighted by Crippen LogP contribution is 2.28. The van der Waals surface area contributed by atoms with Crippen molar-refractivity contribution < 1.29 is 17.2 Å². The van der Waals surface area contributed by atoms with Gasteiger partial charge in [-0.3, -0.25) is 0 Å². The number of benzene rings is 1. The molecular weight excluding hydrogens is 231 g/mol. The molecule has 1 aromatic carbocycles. The summed E-state index contributed by atoms with van der Waals surface area (Å²) in [6, 6.07) is 3.46. The predicted molar refractivity (Wildman–Crippen MR) is 49.2 cm³/mol. The average molecular weight is 235 g/mol. The van der Waals surface area contributed by atoms with E-state index in [1.54, 1.807) is 0 Å². The fraction of sp³-hybridized carbons (Fsp3) is 0. The predicted octanol–water partition coefficient (Wildman–Crippen LogP) is 2.50. The highest BCUT2D eigenvalue weighted by atomic mass is 35.7. The lowest BCUT2D eigenvalue weighted by Crippen LogP contribution is -1.91. The van der Waals surface area contributed by atoms with Gasteiger partial charge < -0.3 is 4.42 Å². The molecule has 6 heteroatoms. The van der Waals surface area contributed by atoms with Gasteiger partial charge in [-0.1, -0.05) is 0 Å². The van der Waals surface area contributed by atoms with Crippen LogP contribution in [0.4, 0.5) is 4.39 Å². The minimum atomic E-state index is -3.87. The Labute approximate surface area is 83.5 Å². The van der Waals surface area contributed by atoms with Gasteiger partial charge in [-0.25, -0.2) is 12.8 Å². The van der Waals surface area contributed by atoms with E-state index in [0.29, 0.717) is 0 Å². The van der Waals surface area contributed by atoms with E-state index < -0.39 is 14.9 Å². The smallest absolute Gasteiger partial charge is 0.262 e. The Balaban J connectivity index is 2.93. The second-order valence-electron chi connectivity index (χ2n) is 2.65. The molecule has 0 aliphatic heterocycles. The molecule has 0 spiro atoms. The molecule has 3 nitrogen and oxygen atoms in total. The van der Waals surface area contributed by atoms with Crippen molar-refractivity contribution in [3.8, 4) is 0 Å². The Morgan fingerprint density at radius 3 is 2.64 bits per heavy atom. The van der Waals surface area contributed by atoms with Crippen LogP contribution in [-0.4, -0.2) is 8.42 Å².